The molecule has 0 atom stereocenters. The third kappa shape index (κ3) is 4.55. The van der Waals surface area contributed by atoms with Crippen LogP contribution in [0.5, 0.6) is 11.5 Å². The molecule has 2 aromatic carbocycles. The number of thioether (sulfide) groups is 1. The smallest absolute Gasteiger partial charge is 0.234 e. The molecule has 3 aromatic rings. The highest BCUT2D eigenvalue weighted by Crippen LogP contribution is 2.26. The first-order chi connectivity index (χ1) is 13.6. The van der Waals surface area contributed by atoms with Crippen molar-refractivity contribution < 1.29 is 14.3 Å². The second-order valence-electron chi connectivity index (χ2n) is 5.67. The number of carbonyl (C=O) groups excluding carboxylic acids is 1. The SMILES string of the molecule is CCOc1cccc(-c2nnc(SCC(=O)Nc3ccccc3OC)n2N)c1. The molecular weight excluding hydrogens is 378 g/mol. The van der Waals surface area contributed by atoms with Crippen LogP contribution >= 0.6 is 11.8 Å². The summed E-state index contributed by atoms with van der Waals surface area (Å²) in [5, 5.41) is 11.5. The summed E-state index contributed by atoms with van der Waals surface area (Å²) in [5.41, 5.74) is 1.39. The highest BCUT2D eigenvalue weighted by Gasteiger charge is 2.15. The molecule has 8 nitrogen and oxygen atoms in total. The molecule has 0 aliphatic carbocycles. The lowest BCUT2D eigenvalue weighted by molar-refractivity contribution is -0.113. The zero-order valence-corrected chi connectivity index (χ0v) is 16.4. The number of rotatable bonds is 8. The predicted octanol–water partition coefficient (Wildman–Crippen LogP) is 2.80. The molecule has 1 amide bonds. The van der Waals surface area contributed by atoms with Gasteiger partial charge in [0.25, 0.3) is 0 Å². The van der Waals surface area contributed by atoms with E-state index < -0.39 is 0 Å². The monoisotopic (exact) mass is 399 g/mol. The fraction of sp³-hybridized carbons (Fsp3) is 0.211. The number of nitrogens with one attached hydrogen (secondary N) is 1. The van der Waals surface area contributed by atoms with Crippen molar-refractivity contribution in [1.29, 1.82) is 0 Å². The van der Waals surface area contributed by atoms with E-state index in [2.05, 4.69) is 15.5 Å². The lowest BCUT2D eigenvalue weighted by Crippen LogP contribution is -2.16. The zero-order chi connectivity index (χ0) is 19.9. The third-order valence-corrected chi connectivity index (χ3v) is 4.72. The Labute approximate surface area is 167 Å². The summed E-state index contributed by atoms with van der Waals surface area (Å²) in [5.74, 6) is 7.88. The number of carbonyl (C=O) groups is 1. The van der Waals surface area contributed by atoms with Crippen molar-refractivity contribution >= 4 is 23.4 Å². The molecule has 9 heteroatoms. The molecule has 0 saturated carbocycles. The molecule has 1 heterocycles. The van der Waals surface area contributed by atoms with Crippen LogP contribution < -0.4 is 20.6 Å². The Morgan fingerprint density at radius 1 is 1.21 bits per heavy atom. The van der Waals surface area contributed by atoms with Crippen molar-refractivity contribution in [3.63, 3.8) is 0 Å². The molecule has 0 aliphatic rings. The Bertz CT molecular complexity index is 960. The number of ether oxygens (including phenoxy) is 2. The average molecular weight is 399 g/mol. The van der Waals surface area contributed by atoms with E-state index in [1.54, 1.807) is 19.2 Å². The predicted molar refractivity (Wildman–Crippen MR) is 109 cm³/mol. The van der Waals surface area contributed by atoms with Gasteiger partial charge in [-0.25, -0.2) is 4.68 Å². The topological polar surface area (TPSA) is 104 Å². The van der Waals surface area contributed by atoms with Gasteiger partial charge in [-0.1, -0.05) is 36.0 Å². The van der Waals surface area contributed by atoms with Gasteiger partial charge in [-0.2, -0.15) is 0 Å². The minimum atomic E-state index is -0.197. The Morgan fingerprint density at radius 2 is 2.04 bits per heavy atom. The van der Waals surface area contributed by atoms with Crippen molar-refractivity contribution in [2.45, 2.75) is 12.1 Å². The summed E-state index contributed by atoms with van der Waals surface area (Å²) in [6.45, 7) is 2.49. The number of anilines is 1. The molecule has 0 radical (unpaired) electrons. The maximum Gasteiger partial charge on any atom is 0.234 e. The van der Waals surface area contributed by atoms with Crippen molar-refractivity contribution in [3.05, 3.63) is 48.5 Å². The van der Waals surface area contributed by atoms with Crippen LogP contribution in [0.3, 0.4) is 0 Å². The number of para-hydroxylation sites is 2. The van der Waals surface area contributed by atoms with E-state index in [4.69, 9.17) is 15.3 Å². The molecule has 3 rings (SSSR count). The Morgan fingerprint density at radius 3 is 2.82 bits per heavy atom. The number of hydrogen-bond donors (Lipinski definition) is 2. The second-order valence-corrected chi connectivity index (χ2v) is 6.62. The highest BCUT2D eigenvalue weighted by molar-refractivity contribution is 7.99. The van der Waals surface area contributed by atoms with E-state index in [1.807, 2.05) is 43.3 Å². The molecule has 0 aliphatic heterocycles. The molecule has 0 spiro atoms. The van der Waals surface area contributed by atoms with Crippen LogP contribution in [0, 0.1) is 0 Å². The van der Waals surface area contributed by atoms with E-state index in [-0.39, 0.29) is 11.7 Å². The molecule has 0 fully saturated rings. The van der Waals surface area contributed by atoms with Gasteiger partial charge in [0.05, 0.1) is 25.2 Å². The van der Waals surface area contributed by atoms with E-state index in [9.17, 15) is 4.79 Å². The summed E-state index contributed by atoms with van der Waals surface area (Å²) in [4.78, 5) is 12.3. The van der Waals surface area contributed by atoms with Gasteiger partial charge < -0.3 is 20.6 Å². The summed E-state index contributed by atoms with van der Waals surface area (Å²) < 4.78 is 12.1. The normalized spacial score (nSPS) is 10.5. The molecular formula is C19H21N5O3S. The number of methoxy groups -OCH3 is 1. The van der Waals surface area contributed by atoms with Gasteiger partial charge in [0, 0.05) is 5.56 Å². The minimum Gasteiger partial charge on any atom is -0.495 e. The van der Waals surface area contributed by atoms with Gasteiger partial charge in [0.2, 0.25) is 11.1 Å². The van der Waals surface area contributed by atoms with E-state index in [0.717, 1.165) is 11.3 Å². The summed E-state index contributed by atoms with van der Waals surface area (Å²) >= 11 is 1.20. The Balaban J connectivity index is 1.66. The molecule has 0 bridgehead atoms. The van der Waals surface area contributed by atoms with Crippen LogP contribution in [0.15, 0.2) is 53.7 Å². The van der Waals surface area contributed by atoms with E-state index in [1.165, 1.54) is 16.4 Å². The number of nitrogen functional groups attached to an aromatic ring is 1. The van der Waals surface area contributed by atoms with E-state index >= 15 is 0 Å². The van der Waals surface area contributed by atoms with Crippen LogP contribution in [0.1, 0.15) is 6.92 Å². The van der Waals surface area contributed by atoms with Crippen LogP contribution in [-0.2, 0) is 4.79 Å². The first kappa shape index (κ1) is 19.6. The maximum atomic E-state index is 12.3. The average Bonchev–Trinajstić information content (AvgIpc) is 3.08. The van der Waals surface area contributed by atoms with Crippen LogP contribution in [-0.4, -0.2) is 40.3 Å². The first-order valence-corrected chi connectivity index (χ1v) is 9.60. The van der Waals surface area contributed by atoms with Gasteiger partial charge in [-0.05, 0) is 31.2 Å². The molecule has 3 N–H and O–H groups in total. The van der Waals surface area contributed by atoms with Gasteiger partial charge in [-0.15, -0.1) is 10.2 Å². The first-order valence-electron chi connectivity index (χ1n) is 8.61. The van der Waals surface area contributed by atoms with Crippen molar-refractivity contribution in [3.8, 4) is 22.9 Å². The molecule has 28 heavy (non-hydrogen) atoms. The lowest BCUT2D eigenvalue weighted by Gasteiger charge is -2.09. The zero-order valence-electron chi connectivity index (χ0n) is 15.6. The molecule has 146 valence electrons. The van der Waals surface area contributed by atoms with Gasteiger partial charge in [-0.3, -0.25) is 4.79 Å². The van der Waals surface area contributed by atoms with Crippen molar-refractivity contribution in [2.24, 2.45) is 0 Å². The lowest BCUT2D eigenvalue weighted by atomic mass is 10.2. The quantitative estimate of drug-likeness (QED) is 0.443. The fourth-order valence-corrected chi connectivity index (χ4v) is 3.18. The Hall–Kier alpha value is -3.20. The second kappa shape index (κ2) is 9.14. The molecule has 1 aromatic heterocycles. The highest BCUT2D eigenvalue weighted by atomic mass is 32.2. The maximum absolute atomic E-state index is 12.3. The molecule has 0 saturated heterocycles. The van der Waals surface area contributed by atoms with Gasteiger partial charge in [0.1, 0.15) is 11.5 Å². The van der Waals surface area contributed by atoms with Crippen LogP contribution in [0.4, 0.5) is 5.69 Å². The summed E-state index contributed by atoms with van der Waals surface area (Å²) in [6, 6.07) is 14.7. The summed E-state index contributed by atoms with van der Waals surface area (Å²) in [7, 11) is 1.55. The molecule has 0 unspecified atom stereocenters. The number of nitrogens with zero attached hydrogens (tertiary/aromatic N) is 3. The summed E-state index contributed by atoms with van der Waals surface area (Å²) in [6.07, 6.45) is 0. The van der Waals surface area contributed by atoms with Gasteiger partial charge >= 0.3 is 0 Å². The number of nitrogens with two attached hydrogens (primary N) is 1. The van der Waals surface area contributed by atoms with Gasteiger partial charge in [0.15, 0.2) is 5.82 Å². The fourth-order valence-electron chi connectivity index (χ4n) is 2.53. The Kier molecular flexibility index (Phi) is 6.38. The standard InChI is InChI=1S/C19H21N5O3S/c1-3-27-14-8-6-7-13(11-14)18-22-23-19(24(18)20)28-12-17(25)21-15-9-4-5-10-16(15)26-2/h4-11H,3,12,20H2,1-2H3,(H,21,25). The number of aromatic nitrogens is 3. The number of amides is 1. The third-order valence-electron chi connectivity index (χ3n) is 3.78. The van der Waals surface area contributed by atoms with E-state index in [0.29, 0.717) is 29.0 Å². The van der Waals surface area contributed by atoms with Crippen LogP contribution in [0.25, 0.3) is 11.4 Å². The van der Waals surface area contributed by atoms with Crippen molar-refractivity contribution in [1.82, 2.24) is 14.9 Å². The minimum absolute atomic E-state index is 0.131. The number of benzene rings is 2. The number of hydrogen-bond acceptors (Lipinski definition) is 7. The largest absolute Gasteiger partial charge is 0.495 e. The van der Waals surface area contributed by atoms with Crippen LogP contribution in [0.2, 0.25) is 0 Å². The van der Waals surface area contributed by atoms with Crippen molar-refractivity contribution in [2.75, 3.05) is 30.6 Å².